The lowest BCUT2D eigenvalue weighted by atomic mass is 10.2. The summed E-state index contributed by atoms with van der Waals surface area (Å²) in [5, 5.41) is 8.24. The fourth-order valence-electron chi connectivity index (χ4n) is 2.13. The Morgan fingerprint density at radius 2 is 1.85 bits per heavy atom. The first-order chi connectivity index (χ1) is 12.4. The van der Waals surface area contributed by atoms with Gasteiger partial charge in [0.25, 0.3) is 5.91 Å². The topological polar surface area (TPSA) is 79.5 Å². The predicted octanol–water partition coefficient (Wildman–Crippen LogP) is 3.79. The molecule has 0 saturated heterocycles. The Morgan fingerprint density at radius 1 is 1.12 bits per heavy atom. The van der Waals surface area contributed by atoms with Gasteiger partial charge < -0.3 is 20.7 Å². The van der Waals surface area contributed by atoms with Gasteiger partial charge in [-0.05, 0) is 56.3 Å². The van der Waals surface area contributed by atoms with Crippen LogP contribution in [0.5, 0.6) is 5.75 Å². The molecule has 3 amide bonds. The third-order valence-electron chi connectivity index (χ3n) is 3.28. The highest BCUT2D eigenvalue weighted by Gasteiger charge is 2.07. The lowest BCUT2D eigenvalue weighted by Gasteiger charge is -2.11. The van der Waals surface area contributed by atoms with E-state index in [1.807, 2.05) is 38.1 Å². The molecule has 0 bridgehead atoms. The molecule has 0 spiro atoms. The molecular formula is C19H22BrN3O3. The van der Waals surface area contributed by atoms with Gasteiger partial charge in [0.2, 0.25) is 0 Å². The molecule has 0 radical (unpaired) electrons. The average molecular weight is 420 g/mol. The molecule has 3 N–H and O–H groups in total. The van der Waals surface area contributed by atoms with Crippen molar-refractivity contribution in [2.24, 2.45) is 0 Å². The molecule has 0 aromatic heterocycles. The van der Waals surface area contributed by atoms with Crippen LogP contribution in [0.4, 0.5) is 10.5 Å². The van der Waals surface area contributed by atoms with Gasteiger partial charge in [0.1, 0.15) is 12.4 Å². The molecule has 0 heterocycles. The molecule has 0 unspecified atom stereocenters. The number of ether oxygens (including phenoxy) is 1. The van der Waals surface area contributed by atoms with Crippen molar-refractivity contribution in [2.45, 2.75) is 19.9 Å². The van der Waals surface area contributed by atoms with E-state index < -0.39 is 0 Å². The summed E-state index contributed by atoms with van der Waals surface area (Å²) >= 11 is 3.38. The van der Waals surface area contributed by atoms with Crippen molar-refractivity contribution in [1.82, 2.24) is 10.6 Å². The molecule has 0 aliphatic rings. The van der Waals surface area contributed by atoms with Crippen LogP contribution in [0.2, 0.25) is 0 Å². The van der Waals surface area contributed by atoms with Crippen molar-refractivity contribution in [3.8, 4) is 5.75 Å². The second-order valence-corrected chi connectivity index (χ2v) is 6.81. The number of hydrogen-bond donors (Lipinski definition) is 3. The summed E-state index contributed by atoms with van der Waals surface area (Å²) in [5.74, 6) is 0.546. The zero-order valence-corrected chi connectivity index (χ0v) is 16.3. The maximum atomic E-state index is 12.1. The third-order valence-corrected chi connectivity index (χ3v) is 3.77. The Hall–Kier alpha value is -2.54. The minimum absolute atomic E-state index is 0.0549. The molecule has 7 heteroatoms. The van der Waals surface area contributed by atoms with Crippen LogP contribution in [0.1, 0.15) is 24.2 Å². The molecule has 0 aliphatic heterocycles. The first kappa shape index (κ1) is 19.8. The van der Waals surface area contributed by atoms with Gasteiger partial charge in [-0.2, -0.15) is 0 Å². The standard InChI is InChI=1S/C19H22BrN3O3/c1-13(2)22-19(25)23-16-8-6-14(7-9-16)18(24)21-10-11-26-17-5-3-4-15(20)12-17/h3-9,12-13H,10-11H2,1-2H3,(H,21,24)(H2,22,23,25). The molecule has 2 rings (SSSR count). The number of nitrogens with one attached hydrogen (secondary N) is 3. The second kappa shape index (κ2) is 9.82. The number of benzene rings is 2. The molecular weight excluding hydrogens is 398 g/mol. The summed E-state index contributed by atoms with van der Waals surface area (Å²) < 4.78 is 6.51. The number of rotatable bonds is 7. The summed E-state index contributed by atoms with van der Waals surface area (Å²) in [6.45, 7) is 4.53. The van der Waals surface area contributed by atoms with Gasteiger partial charge in [-0.15, -0.1) is 0 Å². The summed E-state index contributed by atoms with van der Waals surface area (Å²) in [6.07, 6.45) is 0. The molecule has 138 valence electrons. The quantitative estimate of drug-likeness (QED) is 0.597. The minimum Gasteiger partial charge on any atom is -0.492 e. The zero-order valence-electron chi connectivity index (χ0n) is 14.7. The van der Waals surface area contributed by atoms with Crippen LogP contribution >= 0.6 is 15.9 Å². The van der Waals surface area contributed by atoms with E-state index in [9.17, 15) is 9.59 Å². The van der Waals surface area contributed by atoms with Crippen LogP contribution in [0.3, 0.4) is 0 Å². The Labute approximate surface area is 161 Å². The van der Waals surface area contributed by atoms with E-state index in [0.717, 1.165) is 10.2 Å². The SMILES string of the molecule is CC(C)NC(=O)Nc1ccc(C(=O)NCCOc2cccc(Br)c2)cc1. The Kier molecular flexibility index (Phi) is 7.47. The highest BCUT2D eigenvalue weighted by molar-refractivity contribution is 9.10. The number of amides is 3. The predicted molar refractivity (Wildman–Crippen MR) is 106 cm³/mol. The number of anilines is 1. The van der Waals surface area contributed by atoms with Crippen molar-refractivity contribution in [3.63, 3.8) is 0 Å². The summed E-state index contributed by atoms with van der Waals surface area (Å²) in [7, 11) is 0. The first-order valence-electron chi connectivity index (χ1n) is 8.28. The number of carbonyl (C=O) groups excluding carboxylic acids is 2. The second-order valence-electron chi connectivity index (χ2n) is 5.89. The maximum Gasteiger partial charge on any atom is 0.319 e. The Morgan fingerprint density at radius 3 is 2.50 bits per heavy atom. The van der Waals surface area contributed by atoms with E-state index in [1.54, 1.807) is 24.3 Å². The van der Waals surface area contributed by atoms with E-state index in [-0.39, 0.29) is 18.0 Å². The highest BCUT2D eigenvalue weighted by Crippen LogP contribution is 2.17. The first-order valence-corrected chi connectivity index (χ1v) is 9.07. The van der Waals surface area contributed by atoms with Gasteiger partial charge in [-0.25, -0.2) is 4.79 Å². The highest BCUT2D eigenvalue weighted by atomic mass is 79.9. The van der Waals surface area contributed by atoms with Gasteiger partial charge in [0.15, 0.2) is 0 Å². The van der Waals surface area contributed by atoms with Crippen LogP contribution in [0.15, 0.2) is 53.0 Å². The van der Waals surface area contributed by atoms with Crippen LogP contribution in [-0.2, 0) is 0 Å². The largest absolute Gasteiger partial charge is 0.492 e. The van der Waals surface area contributed by atoms with Crippen molar-refractivity contribution in [3.05, 3.63) is 58.6 Å². The summed E-state index contributed by atoms with van der Waals surface area (Å²) in [4.78, 5) is 23.8. The monoisotopic (exact) mass is 419 g/mol. The van der Waals surface area contributed by atoms with Gasteiger partial charge in [-0.1, -0.05) is 22.0 Å². The molecule has 0 atom stereocenters. The lowest BCUT2D eigenvalue weighted by molar-refractivity contribution is 0.0947. The summed E-state index contributed by atoms with van der Waals surface area (Å²) in [6, 6.07) is 14.0. The smallest absolute Gasteiger partial charge is 0.319 e. The van der Waals surface area contributed by atoms with Gasteiger partial charge in [0.05, 0.1) is 6.54 Å². The number of hydrogen-bond acceptors (Lipinski definition) is 3. The minimum atomic E-state index is -0.276. The maximum absolute atomic E-state index is 12.1. The van der Waals surface area contributed by atoms with E-state index in [2.05, 4.69) is 31.9 Å². The van der Waals surface area contributed by atoms with Gasteiger partial charge >= 0.3 is 6.03 Å². The fraction of sp³-hybridized carbons (Fsp3) is 0.263. The number of halogens is 1. The molecule has 26 heavy (non-hydrogen) atoms. The molecule has 0 fully saturated rings. The Balaban J connectivity index is 1.76. The van der Waals surface area contributed by atoms with Crippen molar-refractivity contribution in [2.75, 3.05) is 18.5 Å². The van der Waals surface area contributed by atoms with E-state index in [0.29, 0.717) is 24.4 Å². The fourth-order valence-corrected chi connectivity index (χ4v) is 2.50. The normalized spacial score (nSPS) is 10.3. The molecule has 2 aromatic rings. The van der Waals surface area contributed by atoms with Crippen molar-refractivity contribution < 1.29 is 14.3 Å². The van der Waals surface area contributed by atoms with Crippen LogP contribution in [0, 0.1) is 0 Å². The summed E-state index contributed by atoms with van der Waals surface area (Å²) in [5.41, 5.74) is 1.14. The number of urea groups is 1. The lowest BCUT2D eigenvalue weighted by Crippen LogP contribution is -2.34. The van der Waals surface area contributed by atoms with E-state index in [4.69, 9.17) is 4.74 Å². The molecule has 0 aliphatic carbocycles. The van der Waals surface area contributed by atoms with Gasteiger partial charge in [0, 0.05) is 21.8 Å². The zero-order chi connectivity index (χ0) is 18.9. The molecule has 2 aromatic carbocycles. The van der Waals surface area contributed by atoms with Crippen molar-refractivity contribution in [1.29, 1.82) is 0 Å². The molecule has 0 saturated carbocycles. The van der Waals surface area contributed by atoms with Gasteiger partial charge in [-0.3, -0.25) is 4.79 Å². The van der Waals surface area contributed by atoms with E-state index >= 15 is 0 Å². The molecule has 6 nitrogen and oxygen atoms in total. The van der Waals surface area contributed by atoms with E-state index in [1.165, 1.54) is 0 Å². The van der Waals surface area contributed by atoms with Crippen LogP contribution < -0.4 is 20.7 Å². The van der Waals surface area contributed by atoms with Crippen LogP contribution in [-0.4, -0.2) is 31.1 Å². The third kappa shape index (κ3) is 6.76. The average Bonchev–Trinajstić information content (AvgIpc) is 2.58. The number of carbonyl (C=O) groups is 2. The van der Waals surface area contributed by atoms with Crippen LogP contribution in [0.25, 0.3) is 0 Å². The van der Waals surface area contributed by atoms with Crippen molar-refractivity contribution >= 4 is 33.6 Å². The Bertz CT molecular complexity index is 748.